The number of phenols is 1. The lowest BCUT2D eigenvalue weighted by Crippen LogP contribution is -2.54. The fraction of sp³-hybridized carbons (Fsp3) is 0.150. The first-order chi connectivity index (χ1) is 14.6. The molecule has 1 aliphatic heterocycles. The summed E-state index contributed by atoms with van der Waals surface area (Å²) in [6, 6.07) is 5.86. The van der Waals surface area contributed by atoms with Gasteiger partial charge in [-0.3, -0.25) is 25.0 Å². The molecular formula is C20H16ClN3O7. The summed E-state index contributed by atoms with van der Waals surface area (Å²) in [6.45, 7) is 3.38. The molecule has 0 spiro atoms. The van der Waals surface area contributed by atoms with Gasteiger partial charge in [0.25, 0.3) is 11.8 Å². The van der Waals surface area contributed by atoms with Crippen LogP contribution >= 0.6 is 11.6 Å². The zero-order valence-electron chi connectivity index (χ0n) is 16.3. The molecule has 0 unspecified atom stereocenters. The van der Waals surface area contributed by atoms with Crippen molar-refractivity contribution in [2.24, 2.45) is 0 Å². The Morgan fingerprint density at radius 1 is 1.26 bits per heavy atom. The molecule has 2 aromatic rings. The Hall–Kier alpha value is -3.92. The number of aryl methyl sites for hydroxylation is 1. The Labute approximate surface area is 180 Å². The Kier molecular flexibility index (Phi) is 5.93. The number of halogens is 1. The van der Waals surface area contributed by atoms with E-state index in [1.165, 1.54) is 12.1 Å². The van der Waals surface area contributed by atoms with Crippen molar-refractivity contribution in [1.82, 2.24) is 5.32 Å². The Balaban J connectivity index is 2.12. The molecule has 0 aromatic heterocycles. The van der Waals surface area contributed by atoms with E-state index >= 15 is 0 Å². The minimum absolute atomic E-state index is 0.0450. The number of imide groups is 2. The molecule has 0 radical (unpaired) electrons. The number of nitrogens with one attached hydrogen (secondary N) is 1. The first kappa shape index (κ1) is 21.8. The van der Waals surface area contributed by atoms with Crippen LogP contribution in [0.2, 0.25) is 5.02 Å². The van der Waals surface area contributed by atoms with Gasteiger partial charge >= 0.3 is 11.7 Å². The van der Waals surface area contributed by atoms with Crippen LogP contribution in [0, 0.1) is 17.0 Å². The van der Waals surface area contributed by atoms with E-state index in [1.54, 1.807) is 26.0 Å². The maximum Gasteiger partial charge on any atom is 0.335 e. The fourth-order valence-corrected chi connectivity index (χ4v) is 3.13. The molecule has 2 N–H and O–H groups in total. The number of aromatic hydroxyl groups is 1. The highest BCUT2D eigenvalue weighted by Crippen LogP contribution is 2.38. The second-order valence-corrected chi connectivity index (χ2v) is 6.90. The fourth-order valence-electron chi connectivity index (χ4n) is 2.97. The number of nitro groups is 1. The van der Waals surface area contributed by atoms with E-state index in [9.17, 15) is 29.6 Å². The van der Waals surface area contributed by atoms with Gasteiger partial charge in [0.1, 0.15) is 5.57 Å². The molecule has 0 saturated carbocycles. The highest BCUT2D eigenvalue weighted by atomic mass is 35.5. The van der Waals surface area contributed by atoms with Crippen LogP contribution in [-0.2, 0) is 9.59 Å². The number of nitro benzene ring substituents is 1. The van der Waals surface area contributed by atoms with Gasteiger partial charge in [0.15, 0.2) is 5.75 Å². The van der Waals surface area contributed by atoms with Crippen LogP contribution in [0.25, 0.3) is 6.08 Å². The van der Waals surface area contributed by atoms with Crippen LogP contribution in [0.3, 0.4) is 0 Å². The van der Waals surface area contributed by atoms with E-state index < -0.39 is 39.8 Å². The van der Waals surface area contributed by atoms with Crippen LogP contribution in [0.4, 0.5) is 16.2 Å². The predicted octanol–water partition coefficient (Wildman–Crippen LogP) is 3.33. The van der Waals surface area contributed by atoms with Gasteiger partial charge < -0.3 is 9.84 Å². The van der Waals surface area contributed by atoms with Gasteiger partial charge in [-0.1, -0.05) is 17.7 Å². The Bertz CT molecular complexity index is 1160. The minimum atomic E-state index is -0.973. The van der Waals surface area contributed by atoms with E-state index in [-0.39, 0.29) is 28.6 Å². The molecule has 1 aliphatic rings. The lowest BCUT2D eigenvalue weighted by Gasteiger charge is -2.27. The molecule has 1 fully saturated rings. The number of hydrogen-bond acceptors (Lipinski definition) is 7. The van der Waals surface area contributed by atoms with Crippen molar-refractivity contribution in [3.05, 3.63) is 62.2 Å². The molecule has 31 heavy (non-hydrogen) atoms. The summed E-state index contributed by atoms with van der Waals surface area (Å²) in [5.74, 6) is -2.78. The summed E-state index contributed by atoms with van der Waals surface area (Å²) in [4.78, 5) is 48.9. The van der Waals surface area contributed by atoms with Gasteiger partial charge in [-0.25, -0.2) is 9.69 Å². The lowest BCUT2D eigenvalue weighted by molar-refractivity contribution is -0.386. The SMILES string of the molecule is CCOc1cc(/C=C2\C(=O)NC(=O)N(c3cc(Cl)ccc3C)C2=O)cc([N+](=O)[O-])c1O. The topological polar surface area (TPSA) is 139 Å². The number of hydrogen-bond donors (Lipinski definition) is 2. The minimum Gasteiger partial charge on any atom is -0.500 e. The summed E-state index contributed by atoms with van der Waals surface area (Å²) in [5.41, 5.74) is -0.328. The zero-order chi connectivity index (χ0) is 22.9. The van der Waals surface area contributed by atoms with Gasteiger partial charge in [-0.05, 0) is 49.2 Å². The molecule has 0 atom stereocenters. The largest absolute Gasteiger partial charge is 0.500 e. The van der Waals surface area contributed by atoms with Crippen LogP contribution in [0.15, 0.2) is 35.9 Å². The van der Waals surface area contributed by atoms with E-state index in [2.05, 4.69) is 5.32 Å². The third-order valence-corrected chi connectivity index (χ3v) is 4.63. The molecule has 0 aliphatic carbocycles. The molecule has 160 valence electrons. The maximum absolute atomic E-state index is 13.0. The number of anilines is 1. The normalized spacial score (nSPS) is 15.3. The second kappa shape index (κ2) is 8.44. The molecular weight excluding hydrogens is 430 g/mol. The highest BCUT2D eigenvalue weighted by Gasteiger charge is 2.37. The molecule has 10 nitrogen and oxygen atoms in total. The van der Waals surface area contributed by atoms with Gasteiger partial charge in [0, 0.05) is 11.1 Å². The van der Waals surface area contributed by atoms with Crippen molar-refractivity contribution in [3.63, 3.8) is 0 Å². The summed E-state index contributed by atoms with van der Waals surface area (Å²) >= 11 is 5.98. The quantitative estimate of drug-likeness (QED) is 0.311. The number of carbonyl (C=O) groups is 3. The van der Waals surface area contributed by atoms with Crippen molar-refractivity contribution in [2.75, 3.05) is 11.5 Å². The first-order valence-electron chi connectivity index (χ1n) is 8.95. The molecule has 1 heterocycles. The van der Waals surface area contributed by atoms with Gasteiger partial charge in [-0.15, -0.1) is 0 Å². The number of rotatable bonds is 5. The third-order valence-electron chi connectivity index (χ3n) is 4.40. The van der Waals surface area contributed by atoms with E-state index in [4.69, 9.17) is 16.3 Å². The van der Waals surface area contributed by atoms with Crippen molar-refractivity contribution >= 4 is 46.9 Å². The molecule has 2 aromatic carbocycles. The number of phenolic OH excluding ortho intramolecular Hbond substituents is 1. The standard InChI is InChI=1S/C20H16ClN3O7/c1-3-31-16-8-11(7-15(17(16)25)24(29)30)6-13-18(26)22-20(28)23(19(13)27)14-9-12(21)5-4-10(14)2/h4-9,25H,3H2,1-2H3,(H,22,26,28)/b13-6+. The van der Waals surface area contributed by atoms with Crippen molar-refractivity contribution in [2.45, 2.75) is 13.8 Å². The van der Waals surface area contributed by atoms with Crippen LogP contribution < -0.4 is 15.0 Å². The number of barbiturate groups is 1. The van der Waals surface area contributed by atoms with Gasteiger partial charge in [0.2, 0.25) is 5.75 Å². The number of urea groups is 1. The molecule has 0 bridgehead atoms. The smallest absolute Gasteiger partial charge is 0.335 e. The number of benzene rings is 2. The van der Waals surface area contributed by atoms with Crippen molar-refractivity contribution in [3.8, 4) is 11.5 Å². The average Bonchev–Trinajstić information content (AvgIpc) is 2.69. The Morgan fingerprint density at radius 3 is 2.61 bits per heavy atom. The van der Waals surface area contributed by atoms with Gasteiger partial charge in [0.05, 0.1) is 17.2 Å². The second-order valence-electron chi connectivity index (χ2n) is 6.47. The Morgan fingerprint density at radius 2 is 1.97 bits per heavy atom. The number of carbonyl (C=O) groups excluding carboxylic acids is 3. The van der Waals surface area contributed by atoms with E-state index in [0.29, 0.717) is 5.56 Å². The van der Waals surface area contributed by atoms with Gasteiger partial charge in [-0.2, -0.15) is 0 Å². The summed E-state index contributed by atoms with van der Waals surface area (Å²) < 4.78 is 5.20. The van der Waals surface area contributed by atoms with Crippen molar-refractivity contribution < 1.29 is 29.2 Å². The first-order valence-corrected chi connectivity index (χ1v) is 9.33. The number of amides is 4. The van der Waals surface area contributed by atoms with Crippen molar-refractivity contribution in [1.29, 1.82) is 0 Å². The third kappa shape index (κ3) is 4.19. The lowest BCUT2D eigenvalue weighted by atomic mass is 10.0. The van der Waals surface area contributed by atoms with Crippen LogP contribution in [-0.4, -0.2) is 34.5 Å². The summed E-state index contributed by atoms with van der Waals surface area (Å²) in [5, 5.41) is 23.6. The molecule has 11 heteroatoms. The average molecular weight is 446 g/mol. The van der Waals surface area contributed by atoms with Crippen LogP contribution in [0.1, 0.15) is 18.1 Å². The monoisotopic (exact) mass is 445 g/mol. The number of ether oxygens (including phenoxy) is 1. The zero-order valence-corrected chi connectivity index (χ0v) is 17.1. The molecule has 1 saturated heterocycles. The highest BCUT2D eigenvalue weighted by molar-refractivity contribution is 6.39. The van der Waals surface area contributed by atoms with E-state index in [1.807, 2.05) is 0 Å². The van der Waals surface area contributed by atoms with Crippen LogP contribution in [0.5, 0.6) is 11.5 Å². The summed E-state index contributed by atoms with van der Waals surface area (Å²) in [6.07, 6.45) is 1.08. The summed E-state index contributed by atoms with van der Waals surface area (Å²) in [7, 11) is 0. The van der Waals surface area contributed by atoms with E-state index in [0.717, 1.165) is 17.0 Å². The molecule has 3 rings (SSSR count). The number of nitrogens with zero attached hydrogens (tertiary/aromatic N) is 2. The molecule has 4 amide bonds. The maximum atomic E-state index is 13.0. The predicted molar refractivity (Wildman–Crippen MR) is 111 cm³/mol.